The normalized spacial score (nSPS) is 22.5. The topological polar surface area (TPSA) is 73.1 Å². The third kappa shape index (κ3) is 3.99. The number of nitrogens with zero attached hydrogens (tertiary/aromatic N) is 2. The van der Waals surface area contributed by atoms with Gasteiger partial charge in [-0.3, -0.25) is 0 Å². The van der Waals surface area contributed by atoms with Crippen molar-refractivity contribution >= 4 is 11.5 Å². The van der Waals surface area contributed by atoms with Crippen molar-refractivity contribution in [2.75, 3.05) is 24.2 Å². The van der Waals surface area contributed by atoms with E-state index in [0.717, 1.165) is 18.4 Å². The fourth-order valence-electron chi connectivity index (χ4n) is 2.78. The molecular weight excluding hydrogens is 252 g/mol. The number of anilines is 2. The maximum atomic E-state index is 5.99. The fraction of sp³-hybridized carbons (Fsp3) is 0.733. The van der Waals surface area contributed by atoms with Crippen molar-refractivity contribution in [2.45, 2.75) is 46.0 Å². The lowest BCUT2D eigenvalue weighted by atomic mass is 9.81. The smallest absolute Gasteiger partial charge is 0.242 e. The van der Waals surface area contributed by atoms with Crippen LogP contribution in [0.4, 0.5) is 11.5 Å². The van der Waals surface area contributed by atoms with Crippen molar-refractivity contribution in [1.29, 1.82) is 0 Å². The van der Waals surface area contributed by atoms with E-state index in [0.29, 0.717) is 24.0 Å². The lowest BCUT2D eigenvalue weighted by Gasteiger charge is -2.26. The highest BCUT2D eigenvalue weighted by atomic mass is 16.5. The first-order chi connectivity index (χ1) is 9.70. The molecule has 5 heteroatoms. The Hall–Kier alpha value is -1.52. The van der Waals surface area contributed by atoms with Gasteiger partial charge in [-0.05, 0) is 25.2 Å². The SMILES string of the molecule is CCOc1ncnc(NCCC2CCC(C)CC2)c1N. The van der Waals surface area contributed by atoms with Gasteiger partial charge in [-0.1, -0.05) is 32.6 Å². The predicted molar refractivity (Wildman–Crippen MR) is 81.8 cm³/mol. The summed E-state index contributed by atoms with van der Waals surface area (Å²) in [6.45, 7) is 5.73. The molecule has 112 valence electrons. The van der Waals surface area contributed by atoms with Crippen molar-refractivity contribution in [3.8, 4) is 5.88 Å². The number of ether oxygens (including phenoxy) is 1. The Kier molecular flexibility index (Phi) is 5.44. The second-order valence-corrected chi connectivity index (χ2v) is 5.72. The summed E-state index contributed by atoms with van der Waals surface area (Å²) in [4.78, 5) is 8.23. The Labute approximate surface area is 121 Å². The molecule has 1 fully saturated rings. The molecule has 0 radical (unpaired) electrons. The van der Waals surface area contributed by atoms with Gasteiger partial charge in [-0.2, -0.15) is 4.98 Å². The summed E-state index contributed by atoms with van der Waals surface area (Å²) >= 11 is 0. The summed E-state index contributed by atoms with van der Waals surface area (Å²) in [5.74, 6) is 2.91. The summed E-state index contributed by atoms with van der Waals surface area (Å²) in [7, 11) is 0. The Morgan fingerprint density at radius 3 is 2.75 bits per heavy atom. The molecule has 1 aliphatic carbocycles. The lowest BCUT2D eigenvalue weighted by Crippen LogP contribution is -2.16. The molecule has 2 rings (SSSR count). The Morgan fingerprint density at radius 1 is 1.30 bits per heavy atom. The zero-order chi connectivity index (χ0) is 14.4. The predicted octanol–water partition coefficient (Wildman–Crippen LogP) is 3.09. The van der Waals surface area contributed by atoms with Gasteiger partial charge in [0, 0.05) is 6.54 Å². The zero-order valence-electron chi connectivity index (χ0n) is 12.6. The van der Waals surface area contributed by atoms with Gasteiger partial charge < -0.3 is 15.8 Å². The summed E-state index contributed by atoms with van der Waals surface area (Å²) in [5.41, 5.74) is 6.50. The van der Waals surface area contributed by atoms with E-state index in [-0.39, 0.29) is 0 Å². The van der Waals surface area contributed by atoms with Crippen LogP contribution in [0.25, 0.3) is 0 Å². The number of nitrogen functional groups attached to an aromatic ring is 1. The molecule has 5 nitrogen and oxygen atoms in total. The van der Waals surface area contributed by atoms with Crippen LogP contribution in [0, 0.1) is 11.8 Å². The minimum absolute atomic E-state index is 0.469. The van der Waals surface area contributed by atoms with Crippen molar-refractivity contribution in [2.24, 2.45) is 11.8 Å². The molecule has 1 aliphatic rings. The minimum Gasteiger partial charge on any atom is -0.476 e. The zero-order valence-corrected chi connectivity index (χ0v) is 12.6. The molecule has 0 amide bonds. The third-order valence-electron chi connectivity index (χ3n) is 4.11. The molecule has 1 heterocycles. The number of aromatic nitrogens is 2. The second kappa shape index (κ2) is 7.31. The molecule has 0 unspecified atom stereocenters. The van der Waals surface area contributed by atoms with Crippen molar-refractivity contribution in [3.63, 3.8) is 0 Å². The van der Waals surface area contributed by atoms with Gasteiger partial charge in [0.15, 0.2) is 5.82 Å². The Balaban J connectivity index is 1.80. The average Bonchev–Trinajstić information content (AvgIpc) is 2.45. The summed E-state index contributed by atoms with van der Waals surface area (Å²) in [5, 5.41) is 3.31. The van der Waals surface area contributed by atoms with Gasteiger partial charge in [0.1, 0.15) is 12.0 Å². The number of nitrogens with two attached hydrogens (primary N) is 1. The van der Waals surface area contributed by atoms with E-state index in [9.17, 15) is 0 Å². The molecular formula is C15H26N4O. The molecule has 0 aliphatic heterocycles. The molecule has 0 atom stereocenters. The highest BCUT2D eigenvalue weighted by molar-refractivity contribution is 5.66. The van der Waals surface area contributed by atoms with Gasteiger partial charge in [-0.25, -0.2) is 4.98 Å². The number of hydrogen-bond acceptors (Lipinski definition) is 5. The van der Waals surface area contributed by atoms with Crippen LogP contribution in [0.15, 0.2) is 6.33 Å². The summed E-state index contributed by atoms with van der Waals surface area (Å²) in [6.07, 6.45) is 8.12. The first-order valence-corrected chi connectivity index (χ1v) is 7.67. The minimum atomic E-state index is 0.469. The van der Waals surface area contributed by atoms with Crippen LogP contribution in [-0.2, 0) is 0 Å². The first kappa shape index (κ1) is 14.9. The molecule has 1 aromatic rings. The van der Waals surface area contributed by atoms with Crippen LogP contribution in [0.1, 0.15) is 46.0 Å². The molecule has 3 N–H and O–H groups in total. The van der Waals surface area contributed by atoms with Gasteiger partial charge in [0.05, 0.1) is 6.61 Å². The van der Waals surface area contributed by atoms with E-state index in [1.54, 1.807) is 0 Å². The van der Waals surface area contributed by atoms with E-state index < -0.39 is 0 Å². The van der Waals surface area contributed by atoms with Crippen LogP contribution in [0.2, 0.25) is 0 Å². The maximum absolute atomic E-state index is 5.99. The van der Waals surface area contributed by atoms with Gasteiger partial charge in [0.2, 0.25) is 5.88 Å². The van der Waals surface area contributed by atoms with Crippen LogP contribution in [0.3, 0.4) is 0 Å². The maximum Gasteiger partial charge on any atom is 0.242 e. The molecule has 0 bridgehead atoms. The van der Waals surface area contributed by atoms with Gasteiger partial charge in [0.25, 0.3) is 0 Å². The van der Waals surface area contributed by atoms with Crippen LogP contribution in [0.5, 0.6) is 5.88 Å². The first-order valence-electron chi connectivity index (χ1n) is 7.67. The molecule has 0 saturated heterocycles. The van der Waals surface area contributed by atoms with Crippen molar-refractivity contribution < 1.29 is 4.74 Å². The number of rotatable bonds is 6. The van der Waals surface area contributed by atoms with E-state index in [1.807, 2.05) is 6.92 Å². The molecule has 20 heavy (non-hydrogen) atoms. The highest BCUT2D eigenvalue weighted by Crippen LogP contribution is 2.30. The largest absolute Gasteiger partial charge is 0.476 e. The van der Waals surface area contributed by atoms with Crippen molar-refractivity contribution in [1.82, 2.24) is 9.97 Å². The standard InChI is InChI=1S/C15H26N4O/c1-3-20-15-13(16)14(18-10-19-15)17-9-8-12-6-4-11(2)5-7-12/h10-12H,3-9,16H2,1-2H3,(H,17,18,19). The van der Waals surface area contributed by atoms with Crippen molar-refractivity contribution in [3.05, 3.63) is 6.33 Å². The fourth-order valence-corrected chi connectivity index (χ4v) is 2.78. The van der Waals surface area contributed by atoms with E-state index >= 15 is 0 Å². The van der Waals surface area contributed by atoms with Crippen LogP contribution < -0.4 is 15.8 Å². The van der Waals surface area contributed by atoms with Crippen LogP contribution in [-0.4, -0.2) is 23.1 Å². The number of hydrogen-bond donors (Lipinski definition) is 2. The Morgan fingerprint density at radius 2 is 2.05 bits per heavy atom. The molecule has 1 aromatic heterocycles. The Bertz CT molecular complexity index is 416. The van der Waals surface area contributed by atoms with E-state index in [2.05, 4.69) is 22.2 Å². The van der Waals surface area contributed by atoms with E-state index in [4.69, 9.17) is 10.5 Å². The number of nitrogens with one attached hydrogen (secondary N) is 1. The van der Waals surface area contributed by atoms with E-state index in [1.165, 1.54) is 38.4 Å². The van der Waals surface area contributed by atoms with Gasteiger partial charge >= 0.3 is 0 Å². The van der Waals surface area contributed by atoms with Crippen LogP contribution >= 0.6 is 0 Å². The quantitative estimate of drug-likeness (QED) is 0.836. The molecule has 1 saturated carbocycles. The monoisotopic (exact) mass is 278 g/mol. The third-order valence-corrected chi connectivity index (χ3v) is 4.11. The second-order valence-electron chi connectivity index (χ2n) is 5.72. The van der Waals surface area contributed by atoms with Gasteiger partial charge in [-0.15, -0.1) is 0 Å². The lowest BCUT2D eigenvalue weighted by molar-refractivity contribution is 0.282. The highest BCUT2D eigenvalue weighted by Gasteiger charge is 2.18. The summed E-state index contributed by atoms with van der Waals surface area (Å²) < 4.78 is 5.37. The molecule has 0 aromatic carbocycles. The summed E-state index contributed by atoms with van der Waals surface area (Å²) in [6, 6.07) is 0. The molecule has 0 spiro atoms. The average molecular weight is 278 g/mol.